The molecule has 18 heavy (non-hydrogen) atoms. The van der Waals surface area contributed by atoms with Crippen molar-refractivity contribution in [1.82, 2.24) is 9.97 Å². The van der Waals surface area contributed by atoms with Gasteiger partial charge in [0.15, 0.2) is 5.16 Å². The van der Waals surface area contributed by atoms with Crippen LogP contribution in [0.4, 0.5) is 0 Å². The number of aryl methyl sites for hydroxylation is 1. The Bertz CT molecular complexity index is 596. The molecular formula is C14H14N2S2. The molecule has 0 unspecified atom stereocenters. The molecule has 1 aliphatic heterocycles. The minimum absolute atomic E-state index is 0.885. The molecule has 0 atom stereocenters. The third-order valence-electron chi connectivity index (χ3n) is 2.89. The zero-order valence-electron chi connectivity index (χ0n) is 10.4. The van der Waals surface area contributed by atoms with E-state index < -0.39 is 0 Å². The van der Waals surface area contributed by atoms with Gasteiger partial charge in [0, 0.05) is 28.0 Å². The first-order valence-corrected chi connectivity index (χ1v) is 7.97. The van der Waals surface area contributed by atoms with Crippen LogP contribution in [0.1, 0.15) is 18.1 Å². The van der Waals surface area contributed by atoms with Crippen LogP contribution in [-0.2, 0) is 5.75 Å². The molecule has 2 nitrogen and oxygen atoms in total. The minimum Gasteiger partial charge on any atom is -0.231 e. The largest absolute Gasteiger partial charge is 0.231 e. The Labute approximate surface area is 116 Å². The smallest absolute Gasteiger partial charge is 0.188 e. The molecule has 0 saturated heterocycles. The Balaban J connectivity index is 2.14. The summed E-state index contributed by atoms with van der Waals surface area (Å²) in [6.45, 7) is 4.25. The summed E-state index contributed by atoms with van der Waals surface area (Å²) in [6.07, 6.45) is 1.98. The summed E-state index contributed by atoms with van der Waals surface area (Å²) in [5, 5.41) is 0.885. The van der Waals surface area contributed by atoms with Crippen LogP contribution in [0.3, 0.4) is 0 Å². The van der Waals surface area contributed by atoms with Crippen LogP contribution in [-0.4, -0.2) is 15.7 Å². The van der Waals surface area contributed by atoms with Gasteiger partial charge in [-0.3, -0.25) is 0 Å². The van der Waals surface area contributed by atoms with Crippen molar-refractivity contribution in [2.75, 3.05) is 5.75 Å². The maximum atomic E-state index is 4.72. The highest BCUT2D eigenvalue weighted by atomic mass is 32.2. The van der Waals surface area contributed by atoms with Crippen molar-refractivity contribution in [3.8, 4) is 11.3 Å². The predicted octanol–water partition coefficient (Wildman–Crippen LogP) is 4.17. The lowest BCUT2D eigenvalue weighted by Gasteiger charge is -2.18. The standard InChI is InChI=1S/C14H14N2S2/c1-3-17-14-15-7-10-8-18-12-5-4-9(2)6-11(12)13(10)16-14/h4-7H,3,8H2,1-2H3. The molecule has 0 bridgehead atoms. The summed E-state index contributed by atoms with van der Waals surface area (Å²) >= 11 is 3.57. The average molecular weight is 274 g/mol. The van der Waals surface area contributed by atoms with Crippen LogP contribution in [0.25, 0.3) is 11.3 Å². The number of fused-ring (bicyclic) bond motifs is 3. The van der Waals surface area contributed by atoms with Gasteiger partial charge in [-0.1, -0.05) is 30.3 Å². The summed E-state index contributed by atoms with van der Waals surface area (Å²) in [6, 6.07) is 6.60. The van der Waals surface area contributed by atoms with Gasteiger partial charge in [-0.25, -0.2) is 9.97 Å². The van der Waals surface area contributed by atoms with Gasteiger partial charge in [-0.05, 0) is 24.8 Å². The fourth-order valence-corrected chi connectivity index (χ4v) is 3.58. The lowest BCUT2D eigenvalue weighted by Crippen LogP contribution is -2.02. The van der Waals surface area contributed by atoms with Crippen molar-refractivity contribution in [2.24, 2.45) is 0 Å². The van der Waals surface area contributed by atoms with Crippen molar-refractivity contribution in [1.29, 1.82) is 0 Å². The zero-order valence-corrected chi connectivity index (χ0v) is 12.1. The first-order valence-electron chi connectivity index (χ1n) is 6.00. The first-order chi connectivity index (χ1) is 8.78. The van der Waals surface area contributed by atoms with E-state index in [2.05, 4.69) is 37.0 Å². The highest BCUT2D eigenvalue weighted by Crippen LogP contribution is 2.40. The van der Waals surface area contributed by atoms with Crippen LogP contribution < -0.4 is 0 Å². The first kappa shape index (κ1) is 12.1. The topological polar surface area (TPSA) is 25.8 Å². The van der Waals surface area contributed by atoms with Gasteiger partial charge in [0.1, 0.15) is 0 Å². The van der Waals surface area contributed by atoms with Crippen molar-refractivity contribution < 1.29 is 0 Å². The average Bonchev–Trinajstić information content (AvgIpc) is 2.39. The molecule has 92 valence electrons. The molecule has 1 aliphatic rings. The van der Waals surface area contributed by atoms with Gasteiger partial charge in [0.05, 0.1) is 5.69 Å². The summed E-state index contributed by atoms with van der Waals surface area (Å²) in [5.41, 5.74) is 4.92. The number of thioether (sulfide) groups is 2. The molecule has 0 radical (unpaired) electrons. The van der Waals surface area contributed by atoms with Gasteiger partial charge in [0.2, 0.25) is 0 Å². The van der Waals surface area contributed by atoms with E-state index in [1.165, 1.54) is 21.6 Å². The highest BCUT2D eigenvalue weighted by Gasteiger charge is 2.19. The van der Waals surface area contributed by atoms with E-state index >= 15 is 0 Å². The SMILES string of the molecule is CCSc1ncc2c(n1)-c1cc(C)ccc1SC2. The van der Waals surface area contributed by atoms with Crippen molar-refractivity contribution in [3.05, 3.63) is 35.5 Å². The summed E-state index contributed by atoms with van der Waals surface area (Å²) in [7, 11) is 0. The van der Waals surface area contributed by atoms with E-state index in [1.807, 2.05) is 18.0 Å². The Morgan fingerprint density at radius 1 is 1.39 bits per heavy atom. The molecule has 0 N–H and O–H groups in total. The number of aromatic nitrogens is 2. The molecule has 1 aromatic heterocycles. The van der Waals surface area contributed by atoms with Gasteiger partial charge in [-0.2, -0.15) is 0 Å². The Hall–Kier alpha value is -1.00. The number of benzene rings is 1. The molecule has 3 rings (SSSR count). The van der Waals surface area contributed by atoms with Crippen molar-refractivity contribution >= 4 is 23.5 Å². The molecule has 4 heteroatoms. The molecule has 0 saturated carbocycles. The second-order valence-electron chi connectivity index (χ2n) is 4.25. The molecule has 0 aliphatic carbocycles. The van der Waals surface area contributed by atoms with E-state index in [0.29, 0.717) is 0 Å². The van der Waals surface area contributed by atoms with Crippen LogP contribution in [0.2, 0.25) is 0 Å². The Kier molecular flexibility index (Phi) is 3.31. The van der Waals surface area contributed by atoms with Crippen LogP contribution in [0, 0.1) is 6.92 Å². The molecule has 0 amide bonds. The lowest BCUT2D eigenvalue weighted by atomic mass is 10.1. The van der Waals surface area contributed by atoms with E-state index in [-0.39, 0.29) is 0 Å². The van der Waals surface area contributed by atoms with Crippen molar-refractivity contribution in [3.63, 3.8) is 0 Å². The second kappa shape index (κ2) is 4.94. The van der Waals surface area contributed by atoms with Gasteiger partial charge >= 0.3 is 0 Å². The van der Waals surface area contributed by atoms with Crippen LogP contribution in [0.15, 0.2) is 34.4 Å². The molecule has 2 aromatic rings. The fourth-order valence-electron chi connectivity index (χ4n) is 2.04. The second-order valence-corrected chi connectivity index (χ2v) is 6.50. The van der Waals surface area contributed by atoms with Gasteiger partial charge in [0.25, 0.3) is 0 Å². The van der Waals surface area contributed by atoms with Gasteiger partial charge in [-0.15, -0.1) is 11.8 Å². The molecule has 0 fully saturated rings. The number of nitrogens with zero attached hydrogens (tertiary/aromatic N) is 2. The predicted molar refractivity (Wildman–Crippen MR) is 78.2 cm³/mol. The maximum Gasteiger partial charge on any atom is 0.188 e. The van der Waals surface area contributed by atoms with E-state index in [9.17, 15) is 0 Å². The van der Waals surface area contributed by atoms with E-state index in [1.54, 1.807) is 11.8 Å². The zero-order chi connectivity index (χ0) is 12.5. The Morgan fingerprint density at radius 2 is 2.28 bits per heavy atom. The summed E-state index contributed by atoms with van der Waals surface area (Å²) in [4.78, 5) is 10.5. The maximum absolute atomic E-state index is 4.72. The molecule has 2 heterocycles. The lowest BCUT2D eigenvalue weighted by molar-refractivity contribution is 0.947. The molecule has 1 aromatic carbocycles. The minimum atomic E-state index is 0.885. The monoisotopic (exact) mass is 274 g/mol. The number of hydrogen-bond donors (Lipinski definition) is 0. The van der Waals surface area contributed by atoms with Crippen molar-refractivity contribution in [2.45, 2.75) is 29.7 Å². The van der Waals surface area contributed by atoms with Crippen LogP contribution in [0.5, 0.6) is 0 Å². The summed E-state index contributed by atoms with van der Waals surface area (Å²) in [5.74, 6) is 1.98. The molecule has 0 spiro atoms. The van der Waals surface area contributed by atoms with E-state index in [0.717, 1.165) is 22.4 Å². The Morgan fingerprint density at radius 3 is 3.11 bits per heavy atom. The summed E-state index contributed by atoms with van der Waals surface area (Å²) < 4.78 is 0. The van der Waals surface area contributed by atoms with Crippen LogP contribution >= 0.6 is 23.5 Å². The third kappa shape index (κ3) is 2.15. The number of rotatable bonds is 2. The number of hydrogen-bond acceptors (Lipinski definition) is 4. The molecular weight excluding hydrogens is 260 g/mol. The highest BCUT2D eigenvalue weighted by molar-refractivity contribution is 7.99. The third-order valence-corrected chi connectivity index (χ3v) is 4.76. The van der Waals surface area contributed by atoms with Gasteiger partial charge < -0.3 is 0 Å². The van der Waals surface area contributed by atoms with E-state index in [4.69, 9.17) is 4.98 Å². The normalized spacial score (nSPS) is 13.0. The quantitative estimate of drug-likeness (QED) is 0.606. The fraction of sp³-hybridized carbons (Fsp3) is 0.286.